The maximum atomic E-state index is 14.5. The van der Waals surface area contributed by atoms with Gasteiger partial charge in [-0.3, -0.25) is 5.43 Å². The van der Waals surface area contributed by atoms with Crippen molar-refractivity contribution in [2.45, 2.75) is 6.92 Å². The quantitative estimate of drug-likeness (QED) is 0.475. The Hall–Kier alpha value is -2.58. The fraction of sp³-hybridized carbons (Fsp3) is 0.263. The molecular weight excluding hydrogens is 370 g/mol. The van der Waals surface area contributed by atoms with Crippen LogP contribution in [0.5, 0.6) is 0 Å². The maximum absolute atomic E-state index is 14.5. The molecule has 0 bridgehead atoms. The second-order valence-electron chi connectivity index (χ2n) is 6.01. The third-order valence-electron chi connectivity index (χ3n) is 4.16. The van der Waals surface area contributed by atoms with E-state index in [2.05, 4.69) is 15.8 Å². The van der Waals surface area contributed by atoms with Gasteiger partial charge in [-0.05, 0) is 43.4 Å². The van der Waals surface area contributed by atoms with Crippen molar-refractivity contribution in [3.63, 3.8) is 0 Å². The Kier molecular flexibility index (Phi) is 6.31. The highest BCUT2D eigenvalue weighted by Crippen LogP contribution is 2.22. The fourth-order valence-electron chi connectivity index (χ4n) is 2.70. The minimum atomic E-state index is -0.414. The molecule has 1 saturated heterocycles. The lowest BCUT2D eigenvalue weighted by Gasteiger charge is -2.29. The Morgan fingerprint density at radius 3 is 2.56 bits per heavy atom. The first-order valence-corrected chi connectivity index (χ1v) is 8.94. The molecule has 0 aliphatic carbocycles. The number of anilines is 2. The van der Waals surface area contributed by atoms with Gasteiger partial charge in [0.25, 0.3) is 0 Å². The summed E-state index contributed by atoms with van der Waals surface area (Å²) in [6, 6.07) is 11.2. The SMILES string of the molecule is C/C(=N/NC(=S)Nc1ccccc1F)c1ccc(N2CCOCC2)c(F)c1. The van der Waals surface area contributed by atoms with Crippen molar-refractivity contribution in [3.05, 3.63) is 59.7 Å². The zero-order valence-corrected chi connectivity index (χ0v) is 15.7. The van der Waals surface area contributed by atoms with Gasteiger partial charge in [-0.2, -0.15) is 5.10 Å². The van der Waals surface area contributed by atoms with Crippen molar-refractivity contribution in [2.75, 3.05) is 36.5 Å². The maximum Gasteiger partial charge on any atom is 0.191 e. The Labute approximate surface area is 162 Å². The molecule has 0 unspecified atom stereocenters. The van der Waals surface area contributed by atoms with E-state index in [1.54, 1.807) is 31.2 Å². The van der Waals surface area contributed by atoms with E-state index < -0.39 is 5.82 Å². The van der Waals surface area contributed by atoms with Crippen LogP contribution in [-0.2, 0) is 4.74 Å². The number of thiocarbonyl (C=S) groups is 1. The Morgan fingerprint density at radius 2 is 1.85 bits per heavy atom. The van der Waals surface area contributed by atoms with E-state index in [0.717, 1.165) is 0 Å². The summed E-state index contributed by atoms with van der Waals surface area (Å²) in [5.74, 6) is -0.723. The van der Waals surface area contributed by atoms with Gasteiger partial charge in [-0.25, -0.2) is 8.78 Å². The van der Waals surface area contributed by atoms with Crippen LogP contribution in [0.15, 0.2) is 47.6 Å². The van der Waals surface area contributed by atoms with Crippen LogP contribution < -0.4 is 15.6 Å². The normalized spacial score (nSPS) is 14.8. The minimum Gasteiger partial charge on any atom is -0.378 e. The molecule has 2 aromatic rings. The van der Waals surface area contributed by atoms with E-state index in [1.165, 1.54) is 12.1 Å². The van der Waals surface area contributed by atoms with Crippen molar-refractivity contribution in [2.24, 2.45) is 5.10 Å². The molecule has 1 aliphatic rings. The Balaban J connectivity index is 1.64. The Morgan fingerprint density at radius 1 is 1.11 bits per heavy atom. The third kappa shape index (κ3) is 4.99. The summed E-state index contributed by atoms with van der Waals surface area (Å²) in [7, 11) is 0. The molecule has 1 aliphatic heterocycles. The second-order valence-corrected chi connectivity index (χ2v) is 6.42. The van der Waals surface area contributed by atoms with E-state index in [1.807, 2.05) is 11.0 Å². The molecule has 1 fully saturated rings. The zero-order valence-electron chi connectivity index (χ0n) is 14.8. The molecular formula is C19H20F2N4OS. The average molecular weight is 390 g/mol. The van der Waals surface area contributed by atoms with E-state index in [0.29, 0.717) is 43.3 Å². The van der Waals surface area contributed by atoms with E-state index in [-0.39, 0.29) is 16.6 Å². The first-order valence-electron chi connectivity index (χ1n) is 8.53. The van der Waals surface area contributed by atoms with Gasteiger partial charge >= 0.3 is 0 Å². The van der Waals surface area contributed by atoms with Crippen LogP contribution in [0.1, 0.15) is 12.5 Å². The summed E-state index contributed by atoms with van der Waals surface area (Å²) in [5, 5.41) is 7.01. The predicted molar refractivity (Wildman–Crippen MR) is 107 cm³/mol. The first kappa shape index (κ1) is 19.2. The van der Waals surface area contributed by atoms with Crippen molar-refractivity contribution < 1.29 is 13.5 Å². The van der Waals surface area contributed by atoms with Crippen LogP contribution in [0.3, 0.4) is 0 Å². The lowest BCUT2D eigenvalue weighted by Crippen LogP contribution is -2.36. The minimum absolute atomic E-state index is 0.143. The predicted octanol–water partition coefficient (Wildman–Crippen LogP) is 3.51. The van der Waals surface area contributed by atoms with Gasteiger partial charge in [0.05, 0.1) is 30.3 Å². The number of rotatable bonds is 4. The number of para-hydroxylation sites is 1. The van der Waals surface area contributed by atoms with Crippen molar-refractivity contribution in [1.82, 2.24) is 5.43 Å². The van der Waals surface area contributed by atoms with Gasteiger partial charge in [0.2, 0.25) is 0 Å². The molecule has 3 rings (SSSR count). The van der Waals surface area contributed by atoms with Gasteiger partial charge in [-0.15, -0.1) is 0 Å². The van der Waals surface area contributed by atoms with E-state index >= 15 is 0 Å². The number of benzene rings is 2. The molecule has 0 aromatic heterocycles. The van der Waals surface area contributed by atoms with Gasteiger partial charge in [0, 0.05) is 18.7 Å². The molecule has 5 nitrogen and oxygen atoms in total. The molecule has 27 heavy (non-hydrogen) atoms. The number of hydrogen-bond acceptors (Lipinski definition) is 4. The highest BCUT2D eigenvalue weighted by Gasteiger charge is 2.15. The standard InChI is InChI=1S/C19H20F2N4OS/c1-13(23-24-19(27)22-17-5-3-2-4-15(17)20)14-6-7-18(16(21)12-14)25-8-10-26-11-9-25/h2-7,12H,8-11H2,1H3,(H2,22,24,27)/b23-13-. The molecule has 0 amide bonds. The van der Waals surface area contributed by atoms with Crippen molar-refractivity contribution in [3.8, 4) is 0 Å². The molecule has 0 atom stereocenters. The molecule has 2 N–H and O–H groups in total. The monoisotopic (exact) mass is 390 g/mol. The molecule has 8 heteroatoms. The molecule has 0 spiro atoms. The van der Waals surface area contributed by atoms with Crippen molar-refractivity contribution >= 4 is 34.4 Å². The van der Waals surface area contributed by atoms with Gasteiger partial charge < -0.3 is 15.0 Å². The average Bonchev–Trinajstić information content (AvgIpc) is 2.68. The topological polar surface area (TPSA) is 48.9 Å². The summed E-state index contributed by atoms with van der Waals surface area (Å²) in [4.78, 5) is 1.96. The number of ether oxygens (including phenoxy) is 1. The third-order valence-corrected chi connectivity index (χ3v) is 4.36. The molecule has 142 valence electrons. The van der Waals surface area contributed by atoms with E-state index in [9.17, 15) is 8.78 Å². The number of nitrogens with one attached hydrogen (secondary N) is 2. The van der Waals surface area contributed by atoms with Crippen LogP contribution in [0.4, 0.5) is 20.2 Å². The number of morpholine rings is 1. The van der Waals surface area contributed by atoms with Crippen LogP contribution in [0, 0.1) is 11.6 Å². The summed E-state index contributed by atoms with van der Waals surface area (Å²) >= 11 is 5.11. The lowest BCUT2D eigenvalue weighted by atomic mass is 10.1. The summed E-state index contributed by atoms with van der Waals surface area (Å²) in [6.07, 6.45) is 0. The Bertz CT molecular complexity index is 853. The van der Waals surface area contributed by atoms with Gasteiger partial charge in [0.15, 0.2) is 5.11 Å². The van der Waals surface area contributed by atoms with Crippen LogP contribution in [-0.4, -0.2) is 37.1 Å². The number of hydrogen-bond donors (Lipinski definition) is 2. The van der Waals surface area contributed by atoms with Crippen molar-refractivity contribution in [1.29, 1.82) is 0 Å². The molecule has 0 radical (unpaired) electrons. The summed E-state index contributed by atoms with van der Waals surface area (Å²) in [6.45, 7) is 4.26. The largest absolute Gasteiger partial charge is 0.378 e. The fourth-order valence-corrected chi connectivity index (χ4v) is 2.86. The second kappa shape index (κ2) is 8.88. The number of nitrogens with zero attached hydrogens (tertiary/aromatic N) is 2. The molecule has 1 heterocycles. The van der Waals surface area contributed by atoms with Crippen LogP contribution >= 0.6 is 12.2 Å². The van der Waals surface area contributed by atoms with Crippen LogP contribution in [0.2, 0.25) is 0 Å². The summed E-state index contributed by atoms with van der Waals surface area (Å²) in [5.41, 5.74) is 4.64. The number of halogens is 2. The van der Waals surface area contributed by atoms with Gasteiger partial charge in [0.1, 0.15) is 11.6 Å². The molecule has 0 saturated carbocycles. The first-order chi connectivity index (χ1) is 13.0. The highest BCUT2D eigenvalue weighted by atomic mass is 32.1. The number of hydrazone groups is 1. The van der Waals surface area contributed by atoms with E-state index in [4.69, 9.17) is 17.0 Å². The smallest absolute Gasteiger partial charge is 0.191 e. The highest BCUT2D eigenvalue weighted by molar-refractivity contribution is 7.80. The zero-order chi connectivity index (χ0) is 19.2. The van der Waals surface area contributed by atoms with Crippen LogP contribution in [0.25, 0.3) is 0 Å². The molecule has 2 aromatic carbocycles. The van der Waals surface area contributed by atoms with Gasteiger partial charge in [-0.1, -0.05) is 18.2 Å². The summed E-state index contributed by atoms with van der Waals surface area (Å²) < 4.78 is 33.4. The lowest BCUT2D eigenvalue weighted by molar-refractivity contribution is 0.122.